The lowest BCUT2D eigenvalue weighted by molar-refractivity contribution is 0.300. The normalized spacial score (nSPS) is 23.1. The second kappa shape index (κ2) is 6.75. The van der Waals surface area contributed by atoms with Gasteiger partial charge in [-0.15, -0.1) is 0 Å². The van der Waals surface area contributed by atoms with Crippen LogP contribution in [0.3, 0.4) is 0 Å². The Hall–Kier alpha value is -1.29. The van der Waals surface area contributed by atoms with Gasteiger partial charge in [-0.1, -0.05) is 12.8 Å². The van der Waals surface area contributed by atoms with Gasteiger partial charge in [0.15, 0.2) is 0 Å². The number of anilines is 1. The number of nitrogens with zero attached hydrogens (tertiary/aromatic N) is 2. The van der Waals surface area contributed by atoms with Crippen LogP contribution in [0.4, 0.5) is 5.69 Å². The van der Waals surface area contributed by atoms with Crippen LogP contribution in [0.1, 0.15) is 32.6 Å². The summed E-state index contributed by atoms with van der Waals surface area (Å²) < 4.78 is 5.23. The topological polar surface area (TPSA) is 51.4 Å². The molecule has 0 aliphatic heterocycles. The lowest BCUT2D eigenvalue weighted by Crippen LogP contribution is -2.45. The highest BCUT2D eigenvalue weighted by molar-refractivity contribution is 5.49. The molecule has 19 heavy (non-hydrogen) atoms. The molecule has 106 valence electrons. The van der Waals surface area contributed by atoms with Gasteiger partial charge in [0.2, 0.25) is 5.88 Å². The molecule has 2 unspecified atom stereocenters. The molecule has 4 heteroatoms. The van der Waals surface area contributed by atoms with Crippen LogP contribution in [0.25, 0.3) is 0 Å². The van der Waals surface area contributed by atoms with Crippen molar-refractivity contribution in [2.75, 3.05) is 25.1 Å². The third kappa shape index (κ3) is 3.18. The van der Waals surface area contributed by atoms with Gasteiger partial charge in [0.1, 0.15) is 0 Å². The molecule has 1 aliphatic carbocycles. The monoisotopic (exact) mass is 263 g/mol. The van der Waals surface area contributed by atoms with E-state index < -0.39 is 0 Å². The van der Waals surface area contributed by atoms with E-state index in [-0.39, 0.29) is 0 Å². The third-order valence-electron chi connectivity index (χ3n) is 4.17. The summed E-state index contributed by atoms with van der Waals surface area (Å²) in [4.78, 5) is 6.64. The molecule has 0 bridgehead atoms. The summed E-state index contributed by atoms with van der Waals surface area (Å²) >= 11 is 0. The zero-order valence-corrected chi connectivity index (χ0v) is 12.0. The molecule has 0 aromatic carbocycles. The maximum Gasteiger partial charge on any atom is 0.214 e. The van der Waals surface area contributed by atoms with Crippen LogP contribution in [0.5, 0.6) is 5.88 Å². The maximum absolute atomic E-state index is 5.96. The van der Waals surface area contributed by atoms with E-state index in [1.54, 1.807) is 7.11 Å². The molecule has 4 nitrogen and oxygen atoms in total. The van der Waals surface area contributed by atoms with Gasteiger partial charge in [-0.2, -0.15) is 0 Å². The number of nitrogens with two attached hydrogens (primary N) is 1. The van der Waals surface area contributed by atoms with Crippen LogP contribution >= 0.6 is 0 Å². The van der Waals surface area contributed by atoms with E-state index in [4.69, 9.17) is 10.5 Å². The molecule has 1 saturated carbocycles. The first kappa shape index (κ1) is 14.1. The van der Waals surface area contributed by atoms with Crippen molar-refractivity contribution in [1.82, 2.24) is 4.98 Å². The summed E-state index contributed by atoms with van der Waals surface area (Å²) in [6, 6.07) is 4.63. The number of methoxy groups -OCH3 is 1. The Morgan fingerprint density at radius 3 is 2.89 bits per heavy atom. The first-order valence-electron chi connectivity index (χ1n) is 7.27. The Bertz CT molecular complexity index is 397. The predicted octanol–water partition coefficient (Wildman–Crippen LogP) is 2.43. The molecule has 0 radical (unpaired) electrons. The summed E-state index contributed by atoms with van der Waals surface area (Å²) in [5.41, 5.74) is 7.15. The van der Waals surface area contributed by atoms with Gasteiger partial charge < -0.3 is 15.4 Å². The molecule has 1 aromatic rings. The lowest BCUT2D eigenvalue weighted by Gasteiger charge is -2.40. The van der Waals surface area contributed by atoms with Crippen molar-refractivity contribution in [1.29, 1.82) is 0 Å². The Morgan fingerprint density at radius 2 is 2.21 bits per heavy atom. The van der Waals surface area contributed by atoms with Crippen molar-refractivity contribution < 1.29 is 4.74 Å². The van der Waals surface area contributed by atoms with Crippen molar-refractivity contribution >= 4 is 5.69 Å². The number of hydrogen-bond acceptors (Lipinski definition) is 4. The number of pyridine rings is 1. The van der Waals surface area contributed by atoms with Crippen LogP contribution in [0.2, 0.25) is 0 Å². The minimum absolute atomic E-state index is 0.552. The van der Waals surface area contributed by atoms with Gasteiger partial charge in [-0.05, 0) is 38.3 Å². The molecule has 1 fully saturated rings. The smallest absolute Gasteiger partial charge is 0.214 e. The average molecular weight is 263 g/mol. The minimum Gasteiger partial charge on any atom is -0.481 e. The lowest BCUT2D eigenvalue weighted by atomic mass is 9.83. The summed E-state index contributed by atoms with van der Waals surface area (Å²) in [7, 11) is 1.66. The molecule has 1 aliphatic rings. The molecule has 0 saturated heterocycles. The first-order chi connectivity index (χ1) is 9.30. The second-order valence-electron chi connectivity index (χ2n) is 5.19. The van der Waals surface area contributed by atoms with Crippen LogP contribution < -0.4 is 15.4 Å². The highest BCUT2D eigenvalue weighted by Gasteiger charge is 2.28. The summed E-state index contributed by atoms with van der Waals surface area (Å²) in [5, 5.41) is 0. The molecule has 1 heterocycles. The second-order valence-corrected chi connectivity index (χ2v) is 5.19. The van der Waals surface area contributed by atoms with Crippen LogP contribution in [-0.2, 0) is 0 Å². The molecular formula is C15H25N3O. The fraction of sp³-hybridized carbons (Fsp3) is 0.667. The summed E-state index contributed by atoms with van der Waals surface area (Å²) in [6.07, 6.45) is 6.92. The van der Waals surface area contributed by atoms with Gasteiger partial charge in [0.25, 0.3) is 0 Å². The van der Waals surface area contributed by atoms with Crippen molar-refractivity contribution in [2.24, 2.45) is 11.7 Å². The fourth-order valence-corrected chi connectivity index (χ4v) is 3.17. The van der Waals surface area contributed by atoms with Crippen molar-refractivity contribution in [3.05, 3.63) is 18.3 Å². The molecule has 0 spiro atoms. The highest BCUT2D eigenvalue weighted by Crippen LogP contribution is 2.31. The largest absolute Gasteiger partial charge is 0.481 e. The van der Waals surface area contributed by atoms with Crippen LogP contribution in [-0.4, -0.2) is 31.2 Å². The predicted molar refractivity (Wildman–Crippen MR) is 78.6 cm³/mol. The van der Waals surface area contributed by atoms with E-state index in [9.17, 15) is 0 Å². The van der Waals surface area contributed by atoms with E-state index in [0.29, 0.717) is 17.8 Å². The number of rotatable bonds is 5. The van der Waals surface area contributed by atoms with Crippen molar-refractivity contribution in [3.8, 4) is 5.88 Å². The molecule has 2 rings (SSSR count). The van der Waals surface area contributed by atoms with E-state index >= 15 is 0 Å². The van der Waals surface area contributed by atoms with E-state index in [1.807, 2.05) is 12.3 Å². The zero-order valence-electron chi connectivity index (χ0n) is 12.0. The van der Waals surface area contributed by atoms with Gasteiger partial charge in [0.05, 0.1) is 7.11 Å². The van der Waals surface area contributed by atoms with Gasteiger partial charge in [-0.25, -0.2) is 4.98 Å². The highest BCUT2D eigenvalue weighted by atomic mass is 16.5. The fourth-order valence-electron chi connectivity index (χ4n) is 3.17. The molecule has 1 aromatic heterocycles. The van der Waals surface area contributed by atoms with E-state index in [1.165, 1.54) is 31.4 Å². The molecule has 2 atom stereocenters. The van der Waals surface area contributed by atoms with Crippen LogP contribution in [0.15, 0.2) is 18.3 Å². The summed E-state index contributed by atoms with van der Waals surface area (Å²) in [5.74, 6) is 1.28. The quantitative estimate of drug-likeness (QED) is 0.886. The SMILES string of the molecule is CCN(c1ccnc(OC)c1)C1CCCCC1CN. The summed E-state index contributed by atoms with van der Waals surface area (Å²) in [6.45, 7) is 3.98. The van der Waals surface area contributed by atoms with E-state index in [2.05, 4.69) is 22.9 Å². The number of aromatic nitrogens is 1. The van der Waals surface area contributed by atoms with Crippen molar-refractivity contribution in [2.45, 2.75) is 38.6 Å². The van der Waals surface area contributed by atoms with Crippen LogP contribution in [0, 0.1) is 5.92 Å². The van der Waals surface area contributed by atoms with Crippen molar-refractivity contribution in [3.63, 3.8) is 0 Å². The first-order valence-corrected chi connectivity index (χ1v) is 7.27. The third-order valence-corrected chi connectivity index (χ3v) is 4.17. The standard InChI is InChI=1S/C15H25N3O/c1-3-18(13-8-9-17-15(10-13)19-2)14-7-5-4-6-12(14)11-16/h8-10,12,14H,3-7,11,16H2,1-2H3. The number of hydrogen-bond donors (Lipinski definition) is 1. The average Bonchev–Trinajstić information content (AvgIpc) is 2.49. The molecule has 0 amide bonds. The Labute approximate surface area is 116 Å². The Kier molecular flexibility index (Phi) is 5.02. The van der Waals surface area contributed by atoms with Gasteiger partial charge in [0, 0.05) is 30.5 Å². The number of ether oxygens (including phenoxy) is 1. The zero-order chi connectivity index (χ0) is 13.7. The minimum atomic E-state index is 0.552. The maximum atomic E-state index is 5.96. The Morgan fingerprint density at radius 1 is 1.42 bits per heavy atom. The van der Waals surface area contributed by atoms with Gasteiger partial charge >= 0.3 is 0 Å². The Balaban J connectivity index is 2.21. The van der Waals surface area contributed by atoms with Gasteiger partial charge in [-0.3, -0.25) is 0 Å². The molecular weight excluding hydrogens is 238 g/mol. The molecule has 2 N–H and O–H groups in total. The van der Waals surface area contributed by atoms with E-state index in [0.717, 1.165) is 13.1 Å².